The molecule has 1 aromatic heterocycles. The zero-order chi connectivity index (χ0) is 12.3. The molecular formula is C11H19N5O. The molecule has 1 aromatic rings. The Morgan fingerprint density at radius 3 is 2.82 bits per heavy atom. The molecule has 1 aliphatic carbocycles. The molecule has 0 unspecified atom stereocenters. The Kier molecular flexibility index (Phi) is 3.44. The first-order valence-corrected chi connectivity index (χ1v) is 5.89. The molecule has 0 spiro atoms. The number of rotatable bonds is 4. The van der Waals surface area contributed by atoms with Gasteiger partial charge in [-0.15, -0.1) is 0 Å². The first-order chi connectivity index (χ1) is 8.13. The fraction of sp³-hybridized carbons (Fsp3) is 0.636. The fourth-order valence-corrected chi connectivity index (χ4v) is 2.15. The molecule has 94 valence electrons. The fourth-order valence-electron chi connectivity index (χ4n) is 2.15. The highest BCUT2D eigenvalue weighted by molar-refractivity contribution is 5.46. The van der Waals surface area contributed by atoms with E-state index in [0.29, 0.717) is 18.3 Å². The van der Waals surface area contributed by atoms with Crippen LogP contribution in [0.2, 0.25) is 0 Å². The minimum absolute atomic E-state index is 0.372. The van der Waals surface area contributed by atoms with E-state index < -0.39 is 5.60 Å². The number of hydrazine groups is 1. The summed E-state index contributed by atoms with van der Waals surface area (Å²) in [5.41, 5.74) is 2.75. The predicted molar refractivity (Wildman–Crippen MR) is 66.5 cm³/mol. The average molecular weight is 237 g/mol. The highest BCUT2D eigenvalue weighted by atomic mass is 16.3. The van der Waals surface area contributed by atoms with Gasteiger partial charge in [-0.05, 0) is 19.8 Å². The van der Waals surface area contributed by atoms with Crippen LogP contribution in [0.5, 0.6) is 0 Å². The van der Waals surface area contributed by atoms with Gasteiger partial charge in [0.05, 0.1) is 5.60 Å². The molecule has 2 rings (SSSR count). The van der Waals surface area contributed by atoms with E-state index in [4.69, 9.17) is 5.84 Å². The lowest BCUT2D eigenvalue weighted by Crippen LogP contribution is -2.34. The van der Waals surface area contributed by atoms with Gasteiger partial charge >= 0.3 is 0 Å². The molecule has 0 atom stereocenters. The SMILES string of the molecule is Cc1cnc(NN)nc1NCC1(O)CCCC1. The summed E-state index contributed by atoms with van der Waals surface area (Å²) >= 11 is 0. The smallest absolute Gasteiger partial charge is 0.239 e. The summed E-state index contributed by atoms with van der Waals surface area (Å²) in [4.78, 5) is 8.22. The number of hydrogen-bond acceptors (Lipinski definition) is 6. The van der Waals surface area contributed by atoms with Gasteiger partial charge in [-0.3, -0.25) is 5.43 Å². The van der Waals surface area contributed by atoms with Gasteiger partial charge in [0.25, 0.3) is 0 Å². The van der Waals surface area contributed by atoms with Crippen molar-refractivity contribution in [1.82, 2.24) is 9.97 Å². The summed E-state index contributed by atoms with van der Waals surface area (Å²) in [6, 6.07) is 0. The molecule has 17 heavy (non-hydrogen) atoms. The van der Waals surface area contributed by atoms with Crippen LogP contribution in [0.3, 0.4) is 0 Å². The van der Waals surface area contributed by atoms with Crippen molar-refractivity contribution in [2.24, 2.45) is 5.84 Å². The summed E-state index contributed by atoms with van der Waals surface area (Å²) < 4.78 is 0. The molecule has 0 radical (unpaired) electrons. The molecule has 0 amide bonds. The number of nitrogens with one attached hydrogen (secondary N) is 2. The van der Waals surface area contributed by atoms with Gasteiger partial charge in [-0.2, -0.15) is 4.98 Å². The zero-order valence-corrected chi connectivity index (χ0v) is 10.0. The Balaban J connectivity index is 2.02. The van der Waals surface area contributed by atoms with Gasteiger partial charge in [0.1, 0.15) is 5.82 Å². The number of nitrogens with zero attached hydrogens (tertiary/aromatic N) is 2. The maximum Gasteiger partial charge on any atom is 0.239 e. The normalized spacial score (nSPS) is 18.1. The van der Waals surface area contributed by atoms with Crippen molar-refractivity contribution in [2.45, 2.75) is 38.2 Å². The lowest BCUT2D eigenvalue weighted by molar-refractivity contribution is 0.0614. The maximum absolute atomic E-state index is 10.2. The van der Waals surface area contributed by atoms with Crippen LogP contribution in [0, 0.1) is 6.92 Å². The molecule has 1 aliphatic rings. The standard InChI is InChI=1S/C11H19N5O/c1-8-6-13-10(16-12)15-9(8)14-7-11(17)4-2-3-5-11/h6,17H,2-5,7,12H2,1H3,(H2,13,14,15,16). The quantitative estimate of drug-likeness (QED) is 0.456. The third-order valence-corrected chi connectivity index (χ3v) is 3.22. The monoisotopic (exact) mass is 237 g/mol. The maximum atomic E-state index is 10.2. The van der Waals surface area contributed by atoms with Crippen LogP contribution in [0.15, 0.2) is 6.20 Å². The summed E-state index contributed by atoms with van der Waals surface area (Å²) in [5, 5.41) is 13.4. The van der Waals surface area contributed by atoms with E-state index in [-0.39, 0.29) is 0 Å². The van der Waals surface area contributed by atoms with Gasteiger partial charge in [0.2, 0.25) is 5.95 Å². The number of nitrogen functional groups attached to an aromatic ring is 1. The zero-order valence-electron chi connectivity index (χ0n) is 10.0. The van der Waals surface area contributed by atoms with E-state index in [1.807, 2.05) is 6.92 Å². The number of aryl methyl sites for hydroxylation is 1. The number of aromatic nitrogens is 2. The molecule has 5 N–H and O–H groups in total. The Morgan fingerprint density at radius 2 is 2.18 bits per heavy atom. The topological polar surface area (TPSA) is 96.1 Å². The Morgan fingerprint density at radius 1 is 1.47 bits per heavy atom. The van der Waals surface area contributed by atoms with Gasteiger partial charge in [-0.25, -0.2) is 10.8 Å². The summed E-state index contributed by atoms with van der Waals surface area (Å²) in [6.07, 6.45) is 5.59. The number of aliphatic hydroxyl groups is 1. The summed E-state index contributed by atoms with van der Waals surface area (Å²) in [7, 11) is 0. The van der Waals surface area contributed by atoms with Crippen LogP contribution in [0.1, 0.15) is 31.2 Å². The number of hydrogen-bond donors (Lipinski definition) is 4. The van der Waals surface area contributed by atoms with E-state index in [9.17, 15) is 5.11 Å². The van der Waals surface area contributed by atoms with E-state index in [0.717, 1.165) is 31.2 Å². The van der Waals surface area contributed by atoms with Crippen LogP contribution < -0.4 is 16.6 Å². The van der Waals surface area contributed by atoms with E-state index in [1.54, 1.807) is 6.20 Å². The summed E-state index contributed by atoms with van der Waals surface area (Å²) in [5.74, 6) is 6.35. The molecule has 6 heteroatoms. The number of nitrogens with two attached hydrogens (primary N) is 1. The highest BCUT2D eigenvalue weighted by Gasteiger charge is 2.30. The molecule has 0 saturated heterocycles. The van der Waals surface area contributed by atoms with Crippen molar-refractivity contribution in [2.75, 3.05) is 17.3 Å². The molecule has 6 nitrogen and oxygen atoms in total. The average Bonchev–Trinajstić information content (AvgIpc) is 2.76. The van der Waals surface area contributed by atoms with Crippen LogP contribution in [-0.4, -0.2) is 27.2 Å². The highest BCUT2D eigenvalue weighted by Crippen LogP contribution is 2.29. The van der Waals surface area contributed by atoms with Crippen molar-refractivity contribution >= 4 is 11.8 Å². The minimum atomic E-state index is -0.590. The van der Waals surface area contributed by atoms with Crippen molar-refractivity contribution in [3.05, 3.63) is 11.8 Å². The molecule has 0 bridgehead atoms. The summed E-state index contributed by atoms with van der Waals surface area (Å²) in [6.45, 7) is 2.44. The predicted octanol–water partition coefficient (Wildman–Crippen LogP) is 0.788. The Hall–Kier alpha value is -1.40. The van der Waals surface area contributed by atoms with Crippen LogP contribution in [0.25, 0.3) is 0 Å². The van der Waals surface area contributed by atoms with Crippen molar-refractivity contribution in [3.8, 4) is 0 Å². The molecule has 0 aliphatic heterocycles. The van der Waals surface area contributed by atoms with Crippen LogP contribution >= 0.6 is 0 Å². The second-order valence-corrected chi connectivity index (χ2v) is 4.65. The third-order valence-electron chi connectivity index (χ3n) is 3.22. The van der Waals surface area contributed by atoms with Crippen molar-refractivity contribution < 1.29 is 5.11 Å². The second-order valence-electron chi connectivity index (χ2n) is 4.65. The minimum Gasteiger partial charge on any atom is -0.388 e. The van der Waals surface area contributed by atoms with Crippen molar-refractivity contribution in [1.29, 1.82) is 0 Å². The second kappa shape index (κ2) is 4.85. The van der Waals surface area contributed by atoms with E-state index >= 15 is 0 Å². The largest absolute Gasteiger partial charge is 0.388 e. The van der Waals surface area contributed by atoms with Gasteiger partial charge in [0.15, 0.2) is 0 Å². The lowest BCUT2D eigenvalue weighted by Gasteiger charge is -2.23. The lowest BCUT2D eigenvalue weighted by atomic mass is 10.0. The Bertz CT molecular complexity index is 389. The van der Waals surface area contributed by atoms with Gasteiger partial charge in [0, 0.05) is 18.3 Å². The molecule has 1 saturated carbocycles. The molecule has 1 heterocycles. The molecule has 0 aromatic carbocycles. The first-order valence-electron chi connectivity index (χ1n) is 5.89. The third kappa shape index (κ3) is 2.83. The first kappa shape index (κ1) is 12.1. The number of anilines is 2. The molecule has 1 fully saturated rings. The van der Waals surface area contributed by atoms with Crippen molar-refractivity contribution in [3.63, 3.8) is 0 Å². The Labute approximate surface area is 101 Å². The van der Waals surface area contributed by atoms with E-state index in [2.05, 4.69) is 20.7 Å². The van der Waals surface area contributed by atoms with Gasteiger partial charge < -0.3 is 10.4 Å². The van der Waals surface area contributed by atoms with Crippen LogP contribution in [-0.2, 0) is 0 Å². The van der Waals surface area contributed by atoms with Gasteiger partial charge in [-0.1, -0.05) is 12.8 Å². The van der Waals surface area contributed by atoms with E-state index in [1.165, 1.54) is 0 Å². The molecular weight excluding hydrogens is 218 g/mol. The van der Waals surface area contributed by atoms with Crippen LogP contribution in [0.4, 0.5) is 11.8 Å².